The molecule has 0 amide bonds. The monoisotopic (exact) mass is 276 g/mol. The van der Waals surface area contributed by atoms with Crippen LogP contribution in [0.15, 0.2) is 60.8 Å². The van der Waals surface area contributed by atoms with Gasteiger partial charge < -0.3 is 5.32 Å². The van der Waals surface area contributed by atoms with Crippen molar-refractivity contribution in [2.45, 2.75) is 26.4 Å². The Morgan fingerprint density at radius 1 is 0.905 bits per heavy atom. The van der Waals surface area contributed by atoms with Gasteiger partial charge in [-0.05, 0) is 40.5 Å². The Morgan fingerprint density at radius 3 is 2.62 bits per heavy atom. The molecule has 1 aromatic heterocycles. The summed E-state index contributed by atoms with van der Waals surface area (Å²) in [4.78, 5) is 4.47. The maximum atomic E-state index is 4.47. The topological polar surface area (TPSA) is 24.9 Å². The molecule has 2 nitrogen and oxygen atoms in total. The molecule has 0 radical (unpaired) electrons. The van der Waals surface area contributed by atoms with E-state index in [9.17, 15) is 0 Å². The predicted octanol–water partition coefficient (Wildman–Crippen LogP) is 4.09. The zero-order valence-corrected chi connectivity index (χ0v) is 12.3. The van der Waals surface area contributed by atoms with Crippen LogP contribution in [0, 0.1) is 0 Å². The van der Waals surface area contributed by atoms with Crippen molar-refractivity contribution in [1.82, 2.24) is 10.3 Å². The molecule has 0 aliphatic carbocycles. The Balaban J connectivity index is 1.66. The molecule has 21 heavy (non-hydrogen) atoms. The van der Waals surface area contributed by atoms with Gasteiger partial charge in [0.1, 0.15) is 0 Å². The summed E-state index contributed by atoms with van der Waals surface area (Å²) < 4.78 is 0. The second kappa shape index (κ2) is 6.51. The highest BCUT2D eigenvalue weighted by Crippen LogP contribution is 2.15. The largest absolute Gasteiger partial charge is 0.307 e. The van der Waals surface area contributed by atoms with Crippen molar-refractivity contribution in [2.75, 3.05) is 0 Å². The van der Waals surface area contributed by atoms with E-state index in [1.165, 1.54) is 21.9 Å². The molecule has 0 saturated carbocycles. The molecule has 0 unspecified atom stereocenters. The minimum absolute atomic E-state index is 0.816. The minimum atomic E-state index is 0.816. The molecule has 3 aromatic rings. The summed E-state index contributed by atoms with van der Waals surface area (Å²) in [6, 6.07) is 19.3. The van der Waals surface area contributed by atoms with Crippen molar-refractivity contribution in [3.05, 3.63) is 77.6 Å². The maximum Gasteiger partial charge on any atom is 0.0573 e. The molecule has 0 spiro atoms. The molecule has 1 N–H and O–H groups in total. The fraction of sp³-hybridized carbons (Fsp3) is 0.211. The van der Waals surface area contributed by atoms with Crippen LogP contribution in [0.5, 0.6) is 0 Å². The third kappa shape index (κ3) is 3.29. The zero-order valence-electron chi connectivity index (χ0n) is 12.3. The molecule has 0 fully saturated rings. The molecule has 0 aliphatic rings. The van der Waals surface area contributed by atoms with Crippen LogP contribution in [-0.4, -0.2) is 4.98 Å². The summed E-state index contributed by atoms with van der Waals surface area (Å²) >= 11 is 0. The maximum absolute atomic E-state index is 4.47. The molecule has 0 aliphatic heterocycles. The highest BCUT2D eigenvalue weighted by atomic mass is 14.9. The lowest BCUT2D eigenvalue weighted by atomic mass is 10.1. The van der Waals surface area contributed by atoms with E-state index < -0.39 is 0 Å². The number of rotatable bonds is 5. The van der Waals surface area contributed by atoms with Crippen LogP contribution in [0.2, 0.25) is 0 Å². The van der Waals surface area contributed by atoms with Crippen molar-refractivity contribution in [3.8, 4) is 0 Å². The van der Waals surface area contributed by atoms with Crippen molar-refractivity contribution >= 4 is 10.8 Å². The molecule has 0 saturated heterocycles. The van der Waals surface area contributed by atoms with Crippen LogP contribution < -0.4 is 5.32 Å². The molecule has 2 heteroatoms. The summed E-state index contributed by atoms with van der Waals surface area (Å²) in [5.74, 6) is 0. The summed E-state index contributed by atoms with van der Waals surface area (Å²) in [6.45, 7) is 3.85. The Hall–Kier alpha value is -2.19. The van der Waals surface area contributed by atoms with E-state index in [0.717, 1.165) is 25.2 Å². The van der Waals surface area contributed by atoms with E-state index in [2.05, 4.69) is 65.8 Å². The van der Waals surface area contributed by atoms with Crippen molar-refractivity contribution in [1.29, 1.82) is 0 Å². The van der Waals surface area contributed by atoms with Gasteiger partial charge in [-0.15, -0.1) is 0 Å². The van der Waals surface area contributed by atoms with Gasteiger partial charge >= 0.3 is 0 Å². The number of hydrogen-bond acceptors (Lipinski definition) is 2. The van der Waals surface area contributed by atoms with Crippen molar-refractivity contribution < 1.29 is 0 Å². The first-order valence-corrected chi connectivity index (χ1v) is 7.48. The van der Waals surface area contributed by atoms with Gasteiger partial charge in [0.2, 0.25) is 0 Å². The van der Waals surface area contributed by atoms with Gasteiger partial charge in [0, 0.05) is 19.3 Å². The lowest BCUT2D eigenvalue weighted by molar-refractivity contribution is 0.674. The lowest BCUT2D eigenvalue weighted by Gasteiger charge is -2.09. The number of aryl methyl sites for hydroxylation is 1. The highest BCUT2D eigenvalue weighted by Gasteiger charge is 2.01. The Kier molecular flexibility index (Phi) is 4.27. The summed E-state index contributed by atoms with van der Waals surface area (Å²) in [5.41, 5.74) is 3.78. The number of nitrogens with zero attached hydrogens (tertiary/aromatic N) is 1. The van der Waals surface area contributed by atoms with Gasteiger partial charge in [-0.2, -0.15) is 0 Å². The van der Waals surface area contributed by atoms with Crippen LogP contribution in [0.3, 0.4) is 0 Å². The normalized spacial score (nSPS) is 10.9. The molecule has 106 valence electrons. The van der Waals surface area contributed by atoms with E-state index in [4.69, 9.17) is 0 Å². The van der Waals surface area contributed by atoms with E-state index in [1.807, 2.05) is 12.3 Å². The Labute approximate surface area is 125 Å². The van der Waals surface area contributed by atoms with Crippen LogP contribution in [0.4, 0.5) is 0 Å². The Bertz CT molecular complexity index is 734. The zero-order chi connectivity index (χ0) is 14.5. The lowest BCUT2D eigenvalue weighted by Crippen LogP contribution is -2.15. The van der Waals surface area contributed by atoms with Crippen molar-refractivity contribution in [2.24, 2.45) is 0 Å². The molecular weight excluding hydrogens is 256 g/mol. The predicted molar refractivity (Wildman–Crippen MR) is 88.1 cm³/mol. The standard InChI is InChI=1S/C19H20N2/c1-2-16-8-5-11-21-19(16)14-20-13-15-9-10-17-6-3-4-7-18(17)12-15/h3-12,20H,2,13-14H2,1H3. The Morgan fingerprint density at radius 2 is 1.76 bits per heavy atom. The molecular formula is C19H20N2. The fourth-order valence-electron chi connectivity index (χ4n) is 2.63. The van der Waals surface area contributed by atoms with Gasteiger partial charge in [0.15, 0.2) is 0 Å². The van der Waals surface area contributed by atoms with Gasteiger partial charge in [-0.3, -0.25) is 4.98 Å². The van der Waals surface area contributed by atoms with E-state index >= 15 is 0 Å². The van der Waals surface area contributed by atoms with Gasteiger partial charge in [0.05, 0.1) is 5.69 Å². The summed E-state index contributed by atoms with van der Waals surface area (Å²) in [6.07, 6.45) is 2.90. The van der Waals surface area contributed by atoms with E-state index in [0.29, 0.717) is 0 Å². The number of nitrogens with one attached hydrogen (secondary N) is 1. The first kappa shape index (κ1) is 13.8. The average molecular weight is 276 g/mol. The van der Waals surface area contributed by atoms with Crippen LogP contribution in [0.25, 0.3) is 10.8 Å². The summed E-state index contributed by atoms with van der Waals surface area (Å²) in [7, 11) is 0. The van der Waals surface area contributed by atoms with Gasteiger partial charge in [0.25, 0.3) is 0 Å². The molecule has 0 atom stereocenters. The molecule has 0 bridgehead atoms. The molecule has 1 heterocycles. The average Bonchev–Trinajstić information content (AvgIpc) is 2.55. The minimum Gasteiger partial charge on any atom is -0.307 e. The fourth-order valence-corrected chi connectivity index (χ4v) is 2.63. The SMILES string of the molecule is CCc1cccnc1CNCc1ccc2ccccc2c1. The second-order valence-corrected chi connectivity index (χ2v) is 5.25. The first-order chi connectivity index (χ1) is 10.4. The highest BCUT2D eigenvalue weighted by molar-refractivity contribution is 5.82. The quantitative estimate of drug-likeness (QED) is 0.759. The second-order valence-electron chi connectivity index (χ2n) is 5.25. The number of benzene rings is 2. The van der Waals surface area contributed by atoms with Crippen LogP contribution >= 0.6 is 0 Å². The number of hydrogen-bond donors (Lipinski definition) is 1. The van der Waals surface area contributed by atoms with Gasteiger partial charge in [-0.1, -0.05) is 49.4 Å². The number of fused-ring (bicyclic) bond motifs is 1. The van der Waals surface area contributed by atoms with E-state index in [-0.39, 0.29) is 0 Å². The molecule has 2 aromatic carbocycles. The summed E-state index contributed by atoms with van der Waals surface area (Å²) in [5, 5.41) is 6.08. The number of aromatic nitrogens is 1. The smallest absolute Gasteiger partial charge is 0.0573 e. The van der Waals surface area contributed by atoms with E-state index in [1.54, 1.807) is 0 Å². The van der Waals surface area contributed by atoms with Gasteiger partial charge in [-0.25, -0.2) is 0 Å². The third-order valence-corrected chi connectivity index (χ3v) is 3.80. The first-order valence-electron chi connectivity index (χ1n) is 7.48. The van der Waals surface area contributed by atoms with Crippen molar-refractivity contribution in [3.63, 3.8) is 0 Å². The third-order valence-electron chi connectivity index (χ3n) is 3.80. The number of pyridine rings is 1. The van der Waals surface area contributed by atoms with Crippen LogP contribution in [0.1, 0.15) is 23.7 Å². The molecule has 3 rings (SSSR count). The van der Waals surface area contributed by atoms with Crippen LogP contribution in [-0.2, 0) is 19.5 Å².